The maximum atomic E-state index is 12.6. The van der Waals surface area contributed by atoms with Gasteiger partial charge in [-0.25, -0.2) is 9.69 Å². The molecule has 2 fully saturated rings. The Hall–Kier alpha value is -2.39. The molecule has 0 bridgehead atoms. The number of rotatable bonds is 1. The molecular weight excluding hydrogens is 258 g/mol. The Labute approximate surface area is 115 Å². The van der Waals surface area contributed by atoms with Crippen molar-refractivity contribution in [3.8, 4) is 6.07 Å². The van der Waals surface area contributed by atoms with Crippen LogP contribution in [0.1, 0.15) is 18.4 Å². The first kappa shape index (κ1) is 12.6. The Kier molecular flexibility index (Phi) is 2.92. The molecule has 3 amide bonds. The van der Waals surface area contributed by atoms with Crippen LogP contribution in [0.15, 0.2) is 24.3 Å². The molecule has 1 aromatic rings. The van der Waals surface area contributed by atoms with Gasteiger partial charge in [-0.2, -0.15) is 5.26 Å². The first-order valence-electron chi connectivity index (χ1n) is 6.41. The van der Waals surface area contributed by atoms with Crippen molar-refractivity contribution in [3.63, 3.8) is 0 Å². The number of amides is 3. The van der Waals surface area contributed by atoms with Gasteiger partial charge in [-0.3, -0.25) is 4.79 Å². The van der Waals surface area contributed by atoms with E-state index in [-0.39, 0.29) is 5.91 Å². The summed E-state index contributed by atoms with van der Waals surface area (Å²) >= 11 is 0. The van der Waals surface area contributed by atoms with E-state index >= 15 is 0 Å². The number of anilines is 1. The number of benzene rings is 1. The first-order chi connectivity index (χ1) is 9.66. The average Bonchev–Trinajstić information content (AvgIpc) is 2.71. The third kappa shape index (κ3) is 1.84. The third-order valence-corrected chi connectivity index (χ3v) is 3.76. The van der Waals surface area contributed by atoms with Crippen molar-refractivity contribution in [2.45, 2.75) is 18.4 Å². The molecule has 1 aromatic carbocycles. The monoisotopic (exact) mass is 271 g/mol. The molecule has 6 nitrogen and oxygen atoms in total. The number of imide groups is 1. The number of hydrogen-bond donors (Lipinski definition) is 1. The van der Waals surface area contributed by atoms with Crippen molar-refractivity contribution in [2.75, 3.05) is 18.1 Å². The quantitative estimate of drug-likeness (QED) is 0.777. The first-order valence-corrected chi connectivity index (χ1v) is 6.41. The van der Waals surface area contributed by atoms with Gasteiger partial charge in [-0.1, -0.05) is 0 Å². The maximum absolute atomic E-state index is 12.6. The fourth-order valence-corrected chi connectivity index (χ4v) is 2.60. The molecule has 2 aliphatic heterocycles. The highest BCUT2D eigenvalue weighted by Gasteiger charge is 2.52. The standard InChI is InChI=1S/C14H13N3O3/c15-9-10-1-3-11(4-2-10)17-12(18)14(16-13(17)19)5-7-20-8-6-14/h1-4H,5-8H2,(H,16,19). The Bertz CT molecular complexity index is 597. The molecule has 0 atom stereocenters. The Balaban J connectivity index is 1.92. The molecule has 0 radical (unpaired) electrons. The van der Waals surface area contributed by atoms with Crippen LogP contribution in [0.5, 0.6) is 0 Å². The molecule has 0 aliphatic carbocycles. The van der Waals surface area contributed by atoms with Crippen molar-refractivity contribution >= 4 is 17.6 Å². The molecule has 0 unspecified atom stereocenters. The van der Waals surface area contributed by atoms with Gasteiger partial charge in [0.15, 0.2) is 0 Å². The van der Waals surface area contributed by atoms with Crippen LogP contribution < -0.4 is 10.2 Å². The van der Waals surface area contributed by atoms with Gasteiger partial charge in [-0.05, 0) is 24.3 Å². The van der Waals surface area contributed by atoms with Crippen molar-refractivity contribution in [1.29, 1.82) is 5.26 Å². The molecule has 1 N–H and O–H groups in total. The van der Waals surface area contributed by atoms with Crippen molar-refractivity contribution in [3.05, 3.63) is 29.8 Å². The van der Waals surface area contributed by atoms with E-state index in [1.54, 1.807) is 24.3 Å². The minimum atomic E-state index is -0.830. The number of urea groups is 1. The summed E-state index contributed by atoms with van der Waals surface area (Å²) in [7, 11) is 0. The van der Waals surface area contributed by atoms with E-state index in [9.17, 15) is 9.59 Å². The smallest absolute Gasteiger partial charge is 0.329 e. The average molecular weight is 271 g/mol. The zero-order valence-electron chi connectivity index (χ0n) is 10.8. The molecule has 102 valence electrons. The van der Waals surface area contributed by atoms with Crippen LogP contribution >= 0.6 is 0 Å². The predicted molar refractivity (Wildman–Crippen MR) is 70.0 cm³/mol. The highest BCUT2D eigenvalue weighted by atomic mass is 16.5. The summed E-state index contributed by atoms with van der Waals surface area (Å²) in [5.74, 6) is -0.240. The summed E-state index contributed by atoms with van der Waals surface area (Å²) in [5, 5.41) is 11.6. The number of nitriles is 1. The molecule has 0 saturated carbocycles. The number of nitrogens with zero attached hydrogens (tertiary/aromatic N) is 2. The Morgan fingerprint density at radius 1 is 1.20 bits per heavy atom. The lowest BCUT2D eigenvalue weighted by molar-refractivity contribution is -0.125. The van der Waals surface area contributed by atoms with Gasteiger partial charge in [0.2, 0.25) is 0 Å². The Morgan fingerprint density at radius 2 is 1.85 bits per heavy atom. The van der Waals surface area contributed by atoms with Crippen LogP contribution in [0.25, 0.3) is 0 Å². The van der Waals surface area contributed by atoms with Crippen LogP contribution in [-0.4, -0.2) is 30.7 Å². The van der Waals surface area contributed by atoms with Gasteiger partial charge in [0.1, 0.15) is 5.54 Å². The molecule has 3 rings (SSSR count). The highest BCUT2D eigenvalue weighted by molar-refractivity contribution is 6.23. The lowest BCUT2D eigenvalue weighted by Gasteiger charge is -2.30. The summed E-state index contributed by atoms with van der Waals surface area (Å²) < 4.78 is 5.25. The van der Waals surface area contributed by atoms with E-state index in [1.165, 1.54) is 0 Å². The highest BCUT2D eigenvalue weighted by Crippen LogP contribution is 2.31. The van der Waals surface area contributed by atoms with Crippen molar-refractivity contribution < 1.29 is 14.3 Å². The zero-order chi connectivity index (χ0) is 14.2. The number of nitrogens with one attached hydrogen (secondary N) is 1. The minimum Gasteiger partial charge on any atom is -0.381 e. The van der Waals surface area contributed by atoms with Crippen molar-refractivity contribution in [1.82, 2.24) is 5.32 Å². The van der Waals surface area contributed by atoms with Gasteiger partial charge in [0.25, 0.3) is 5.91 Å². The number of carbonyl (C=O) groups excluding carboxylic acids is 2. The lowest BCUT2D eigenvalue weighted by atomic mass is 9.90. The number of carbonyl (C=O) groups is 2. The second-order valence-corrected chi connectivity index (χ2v) is 4.92. The van der Waals surface area contributed by atoms with Gasteiger partial charge < -0.3 is 10.1 Å². The summed E-state index contributed by atoms with van der Waals surface area (Å²) in [6, 6.07) is 7.98. The lowest BCUT2D eigenvalue weighted by Crippen LogP contribution is -2.51. The molecular formula is C14H13N3O3. The van der Waals surface area contributed by atoms with E-state index in [0.717, 1.165) is 4.90 Å². The van der Waals surface area contributed by atoms with Crippen molar-refractivity contribution in [2.24, 2.45) is 0 Å². The fourth-order valence-electron chi connectivity index (χ4n) is 2.60. The molecule has 1 spiro atoms. The fraction of sp³-hybridized carbons (Fsp3) is 0.357. The van der Waals surface area contributed by atoms with Crippen LogP contribution in [0, 0.1) is 11.3 Å². The molecule has 0 aromatic heterocycles. The van der Waals surface area contributed by atoms with E-state index in [4.69, 9.17) is 10.00 Å². The second kappa shape index (κ2) is 4.62. The predicted octanol–water partition coefficient (Wildman–Crippen LogP) is 1.16. The molecule has 2 aliphatic rings. The number of ether oxygens (including phenoxy) is 1. The van der Waals surface area contributed by atoms with Gasteiger partial charge in [-0.15, -0.1) is 0 Å². The molecule has 20 heavy (non-hydrogen) atoms. The molecule has 2 heterocycles. The van der Waals surface area contributed by atoms with Crippen LogP contribution in [0.3, 0.4) is 0 Å². The second-order valence-electron chi connectivity index (χ2n) is 4.92. The maximum Gasteiger partial charge on any atom is 0.329 e. The van der Waals surface area contributed by atoms with Crippen LogP contribution in [0.2, 0.25) is 0 Å². The molecule has 6 heteroatoms. The topological polar surface area (TPSA) is 82.4 Å². The van der Waals surface area contributed by atoms with E-state index in [0.29, 0.717) is 37.3 Å². The van der Waals surface area contributed by atoms with Gasteiger partial charge >= 0.3 is 6.03 Å². The summed E-state index contributed by atoms with van der Waals surface area (Å²) in [5.41, 5.74) is 0.139. The largest absolute Gasteiger partial charge is 0.381 e. The summed E-state index contributed by atoms with van der Waals surface area (Å²) in [6.07, 6.45) is 0.981. The molecule has 2 saturated heterocycles. The number of hydrogen-bond acceptors (Lipinski definition) is 4. The van der Waals surface area contributed by atoms with E-state index in [1.807, 2.05) is 6.07 Å². The zero-order valence-corrected chi connectivity index (χ0v) is 10.8. The SMILES string of the molecule is N#Cc1ccc(N2C(=O)NC3(CCOCC3)C2=O)cc1. The minimum absolute atomic E-state index is 0.240. The van der Waals surface area contributed by atoms with E-state index in [2.05, 4.69) is 5.32 Å². The Morgan fingerprint density at radius 3 is 2.45 bits per heavy atom. The summed E-state index contributed by atoms with van der Waals surface area (Å²) in [6.45, 7) is 0.931. The van der Waals surface area contributed by atoms with Crippen LogP contribution in [0.4, 0.5) is 10.5 Å². The third-order valence-electron chi connectivity index (χ3n) is 3.76. The normalized spacial score (nSPS) is 20.9. The van der Waals surface area contributed by atoms with E-state index < -0.39 is 11.6 Å². The van der Waals surface area contributed by atoms with Gasteiger partial charge in [0.05, 0.1) is 17.3 Å². The van der Waals surface area contributed by atoms with Crippen LogP contribution in [-0.2, 0) is 9.53 Å². The summed E-state index contributed by atoms with van der Waals surface area (Å²) in [4.78, 5) is 25.8. The van der Waals surface area contributed by atoms with Gasteiger partial charge in [0, 0.05) is 26.1 Å².